The van der Waals surface area contributed by atoms with Crippen molar-refractivity contribution in [3.05, 3.63) is 35.4 Å². The molecule has 1 aromatic carbocycles. The van der Waals surface area contributed by atoms with Gasteiger partial charge in [0.1, 0.15) is 17.2 Å². The van der Waals surface area contributed by atoms with E-state index in [1.807, 2.05) is 6.92 Å². The fourth-order valence-corrected chi connectivity index (χ4v) is 3.70. The lowest BCUT2D eigenvalue weighted by Crippen LogP contribution is -2.54. The number of imide groups is 1. The Morgan fingerprint density at radius 3 is 2.79 bits per heavy atom. The maximum absolute atomic E-state index is 13.8. The maximum Gasteiger partial charge on any atom is 0.325 e. The largest absolute Gasteiger partial charge is 0.386 e. The molecule has 0 radical (unpaired) electrons. The van der Waals surface area contributed by atoms with Crippen LogP contribution in [0.3, 0.4) is 0 Å². The molecule has 1 spiro atoms. The summed E-state index contributed by atoms with van der Waals surface area (Å²) in [6, 6.07) is 2.23. The van der Waals surface area contributed by atoms with Gasteiger partial charge in [-0.25, -0.2) is 13.6 Å². The lowest BCUT2D eigenvalue weighted by atomic mass is 9.73. The van der Waals surface area contributed by atoms with E-state index in [1.54, 1.807) is 0 Å². The molecule has 7 heteroatoms. The molecule has 1 aromatic rings. The van der Waals surface area contributed by atoms with Crippen molar-refractivity contribution in [2.24, 2.45) is 5.92 Å². The van der Waals surface area contributed by atoms with Gasteiger partial charge in [0.2, 0.25) is 0 Å². The minimum atomic E-state index is -1.41. The monoisotopic (exact) mass is 338 g/mol. The molecule has 3 amide bonds. The molecule has 2 aliphatic rings. The van der Waals surface area contributed by atoms with E-state index in [0.29, 0.717) is 12.5 Å². The Kier molecular flexibility index (Phi) is 4.29. The van der Waals surface area contributed by atoms with Crippen LogP contribution in [0.1, 0.15) is 44.3 Å². The number of amides is 3. The Labute approximate surface area is 138 Å². The van der Waals surface area contributed by atoms with Crippen LogP contribution >= 0.6 is 0 Å². The number of β-amino-alcohol motifs (C(OH)–C–C–N with tert-alkyl or cyclic N) is 1. The Balaban J connectivity index is 1.80. The second-order valence-corrected chi connectivity index (χ2v) is 6.65. The standard InChI is InChI=1S/C17H20F2N2O3/c1-10-4-2-3-7-17(10)15(23)21(16(24)20-17)9-14(22)12-6-5-11(18)8-13(12)19/h5-6,8,10,14,22H,2-4,7,9H2,1H3,(H,20,24). The van der Waals surface area contributed by atoms with E-state index < -0.39 is 29.3 Å². The number of halogens is 2. The summed E-state index contributed by atoms with van der Waals surface area (Å²) in [6.45, 7) is 1.57. The number of aliphatic hydroxyl groups is 1. The highest BCUT2D eigenvalue weighted by Crippen LogP contribution is 2.38. The van der Waals surface area contributed by atoms with Gasteiger partial charge >= 0.3 is 6.03 Å². The van der Waals surface area contributed by atoms with E-state index in [9.17, 15) is 23.5 Å². The topological polar surface area (TPSA) is 69.6 Å². The van der Waals surface area contributed by atoms with Gasteiger partial charge in [0, 0.05) is 11.6 Å². The Morgan fingerprint density at radius 1 is 1.38 bits per heavy atom. The first-order valence-corrected chi connectivity index (χ1v) is 8.12. The molecule has 1 aliphatic heterocycles. The summed E-state index contributed by atoms with van der Waals surface area (Å²) in [6.07, 6.45) is 1.86. The zero-order chi connectivity index (χ0) is 17.5. The van der Waals surface area contributed by atoms with Gasteiger partial charge < -0.3 is 10.4 Å². The SMILES string of the molecule is CC1CCCCC12NC(=O)N(CC(O)c1ccc(F)cc1F)C2=O. The number of hydrogen-bond donors (Lipinski definition) is 2. The third kappa shape index (κ3) is 2.66. The number of benzene rings is 1. The first-order valence-electron chi connectivity index (χ1n) is 8.12. The number of carbonyl (C=O) groups excluding carboxylic acids is 2. The van der Waals surface area contributed by atoms with E-state index in [-0.39, 0.29) is 23.9 Å². The lowest BCUT2D eigenvalue weighted by molar-refractivity contribution is -0.135. The molecule has 0 aromatic heterocycles. The van der Waals surface area contributed by atoms with Gasteiger partial charge in [-0.1, -0.05) is 25.8 Å². The smallest absolute Gasteiger partial charge is 0.325 e. The average Bonchev–Trinajstić information content (AvgIpc) is 2.75. The molecule has 3 atom stereocenters. The zero-order valence-corrected chi connectivity index (χ0v) is 13.4. The highest BCUT2D eigenvalue weighted by Gasteiger charge is 2.55. The second kappa shape index (κ2) is 6.12. The zero-order valence-electron chi connectivity index (χ0n) is 13.4. The summed E-state index contributed by atoms with van der Waals surface area (Å²) < 4.78 is 26.7. The van der Waals surface area contributed by atoms with Crippen LogP contribution in [-0.4, -0.2) is 34.0 Å². The van der Waals surface area contributed by atoms with Crippen LogP contribution in [0.5, 0.6) is 0 Å². The highest BCUT2D eigenvalue weighted by molar-refractivity contribution is 6.07. The first kappa shape index (κ1) is 16.8. The molecule has 1 saturated carbocycles. The average molecular weight is 338 g/mol. The van der Waals surface area contributed by atoms with Crippen molar-refractivity contribution >= 4 is 11.9 Å². The number of hydrogen-bond acceptors (Lipinski definition) is 3. The first-order chi connectivity index (χ1) is 11.3. The summed E-state index contributed by atoms with van der Waals surface area (Å²) in [5.74, 6) is -2.03. The highest BCUT2D eigenvalue weighted by atomic mass is 19.1. The molecule has 1 saturated heterocycles. The molecular weight excluding hydrogens is 318 g/mol. The Morgan fingerprint density at radius 2 is 2.12 bits per heavy atom. The van der Waals surface area contributed by atoms with Crippen LogP contribution in [0.2, 0.25) is 0 Å². The van der Waals surface area contributed by atoms with Gasteiger partial charge in [0.05, 0.1) is 12.6 Å². The van der Waals surface area contributed by atoms with Gasteiger partial charge in [-0.15, -0.1) is 0 Å². The molecule has 130 valence electrons. The number of rotatable bonds is 3. The molecule has 3 unspecified atom stereocenters. The van der Waals surface area contributed by atoms with Crippen molar-refractivity contribution in [2.45, 2.75) is 44.2 Å². The predicted octanol–water partition coefficient (Wildman–Crippen LogP) is 2.50. The van der Waals surface area contributed by atoms with Gasteiger partial charge in [-0.05, 0) is 24.8 Å². The molecule has 5 nitrogen and oxygen atoms in total. The number of carbonyl (C=O) groups is 2. The van der Waals surface area contributed by atoms with Crippen LogP contribution in [0.4, 0.5) is 13.6 Å². The third-order valence-electron chi connectivity index (χ3n) is 5.18. The van der Waals surface area contributed by atoms with E-state index in [1.165, 1.54) is 0 Å². The minimum absolute atomic E-state index is 0.00685. The summed E-state index contributed by atoms with van der Waals surface area (Å²) >= 11 is 0. The number of aliphatic hydroxyl groups excluding tert-OH is 1. The van der Waals surface area contributed by atoms with Crippen LogP contribution in [0.15, 0.2) is 18.2 Å². The predicted molar refractivity (Wildman–Crippen MR) is 81.9 cm³/mol. The van der Waals surface area contributed by atoms with Crippen molar-refractivity contribution in [2.75, 3.05) is 6.54 Å². The van der Waals surface area contributed by atoms with E-state index in [0.717, 1.165) is 36.3 Å². The fraction of sp³-hybridized carbons (Fsp3) is 0.529. The molecule has 0 bridgehead atoms. The van der Waals surface area contributed by atoms with E-state index in [4.69, 9.17) is 0 Å². The van der Waals surface area contributed by atoms with E-state index >= 15 is 0 Å². The molecule has 24 heavy (non-hydrogen) atoms. The third-order valence-corrected chi connectivity index (χ3v) is 5.18. The van der Waals surface area contributed by atoms with E-state index in [2.05, 4.69) is 5.32 Å². The van der Waals surface area contributed by atoms with Crippen molar-refractivity contribution < 1.29 is 23.5 Å². The summed E-state index contributed by atoms with van der Waals surface area (Å²) in [5, 5.41) is 13.0. The van der Waals surface area contributed by atoms with Crippen LogP contribution in [0.25, 0.3) is 0 Å². The van der Waals surface area contributed by atoms with Gasteiger partial charge in [0.25, 0.3) is 5.91 Å². The van der Waals surface area contributed by atoms with Crippen molar-refractivity contribution in [1.82, 2.24) is 10.2 Å². The fourth-order valence-electron chi connectivity index (χ4n) is 3.70. The minimum Gasteiger partial charge on any atom is -0.386 e. The van der Waals surface area contributed by atoms with Crippen molar-refractivity contribution in [1.29, 1.82) is 0 Å². The summed E-state index contributed by atoms with van der Waals surface area (Å²) in [4.78, 5) is 26.0. The molecule has 1 aliphatic carbocycles. The van der Waals surface area contributed by atoms with Crippen molar-refractivity contribution in [3.63, 3.8) is 0 Å². The summed E-state index contributed by atoms with van der Waals surface area (Å²) in [5.41, 5.74) is -1.06. The Bertz CT molecular complexity index is 682. The van der Waals surface area contributed by atoms with Crippen molar-refractivity contribution in [3.8, 4) is 0 Å². The van der Waals surface area contributed by atoms with Crippen LogP contribution < -0.4 is 5.32 Å². The number of nitrogens with one attached hydrogen (secondary N) is 1. The summed E-state index contributed by atoms with van der Waals surface area (Å²) in [7, 11) is 0. The quantitative estimate of drug-likeness (QED) is 0.832. The lowest BCUT2D eigenvalue weighted by Gasteiger charge is -2.37. The maximum atomic E-state index is 13.8. The molecule has 2 N–H and O–H groups in total. The molecule has 1 heterocycles. The number of urea groups is 1. The number of nitrogens with zero attached hydrogens (tertiary/aromatic N) is 1. The normalized spacial score (nSPS) is 28.3. The van der Waals surface area contributed by atoms with Crippen LogP contribution in [0, 0.1) is 17.6 Å². The van der Waals surface area contributed by atoms with Gasteiger partial charge in [-0.2, -0.15) is 0 Å². The molecule has 2 fully saturated rings. The molecular formula is C17H20F2N2O3. The Hall–Kier alpha value is -2.02. The molecule has 3 rings (SSSR count). The second-order valence-electron chi connectivity index (χ2n) is 6.65. The van der Waals surface area contributed by atoms with Gasteiger partial charge in [-0.3, -0.25) is 9.69 Å². The van der Waals surface area contributed by atoms with Gasteiger partial charge in [0.15, 0.2) is 0 Å². The van der Waals surface area contributed by atoms with Crippen LogP contribution in [-0.2, 0) is 4.79 Å².